The Bertz CT molecular complexity index is 408. The zero-order valence-electron chi connectivity index (χ0n) is 11.4. The van der Waals surface area contributed by atoms with E-state index in [0.717, 1.165) is 0 Å². The maximum Gasteiger partial charge on any atom is 0.308 e. The van der Waals surface area contributed by atoms with E-state index in [1.165, 1.54) is 6.07 Å². The van der Waals surface area contributed by atoms with E-state index in [1.54, 1.807) is 27.7 Å². The molecule has 19 heavy (non-hydrogen) atoms. The van der Waals surface area contributed by atoms with Gasteiger partial charge in [-0.2, -0.15) is 0 Å². The second-order valence-corrected chi connectivity index (χ2v) is 5.08. The molecule has 1 aromatic rings. The molecular weight excluding hydrogens is 369 g/mol. The number of esters is 1. The average Bonchev–Trinajstić information content (AvgIpc) is 2.65. The zero-order chi connectivity index (χ0) is 14.3. The Hall–Kier alpha value is -0.677. The van der Waals surface area contributed by atoms with Gasteiger partial charge in [0.25, 0.3) is 5.97 Å². The van der Waals surface area contributed by atoms with Gasteiger partial charge in [-0.25, -0.2) is 0 Å². The molecule has 0 fully saturated rings. The van der Waals surface area contributed by atoms with Gasteiger partial charge in [-0.3, -0.25) is 4.79 Å². The zero-order valence-corrected chi connectivity index (χ0v) is 16.0. The van der Waals surface area contributed by atoms with E-state index < -0.39 is 17.4 Å². The Balaban J connectivity index is 0. The number of carboxylic acid groups (broad SMARTS) is 1. The summed E-state index contributed by atoms with van der Waals surface area (Å²) >= 11 is 3.05. The second kappa shape index (κ2) is 9.26. The number of ether oxygens (including phenoxy) is 1. The van der Waals surface area contributed by atoms with E-state index in [2.05, 4.69) is 26.7 Å². The maximum absolute atomic E-state index is 10.9. The van der Waals surface area contributed by atoms with Gasteiger partial charge in [0.2, 0.25) is 0 Å². The number of aliphatic carboxylic acids is 1. The van der Waals surface area contributed by atoms with Crippen molar-refractivity contribution >= 4 is 27.9 Å². The maximum atomic E-state index is 10.9. The predicted octanol–water partition coefficient (Wildman–Crippen LogP) is 3.13. The molecule has 0 aliphatic rings. The molecule has 0 atom stereocenters. The van der Waals surface area contributed by atoms with Crippen LogP contribution in [0.25, 0.3) is 0 Å². The molecular formula is C12H16BrO5Zn-. The van der Waals surface area contributed by atoms with E-state index in [4.69, 9.17) is 9.52 Å². The van der Waals surface area contributed by atoms with Gasteiger partial charge < -0.3 is 19.1 Å². The fourth-order valence-electron chi connectivity index (χ4n) is 0.576. The second-order valence-electron chi connectivity index (χ2n) is 4.30. The number of halogens is 1. The summed E-state index contributed by atoms with van der Waals surface area (Å²) in [5.74, 6) is -1.15. The quantitative estimate of drug-likeness (QED) is 0.481. The Morgan fingerprint density at radius 1 is 1.47 bits per heavy atom. The largest absolute Gasteiger partial charge is 0.526 e. The minimum absolute atomic E-state index is 0. The number of furan rings is 1. The van der Waals surface area contributed by atoms with E-state index in [0.29, 0.717) is 11.3 Å². The molecule has 0 aliphatic heterocycles. The topological polar surface area (TPSA) is 76.7 Å². The van der Waals surface area contributed by atoms with Crippen molar-refractivity contribution in [3.05, 3.63) is 22.6 Å². The summed E-state index contributed by atoms with van der Waals surface area (Å²) < 4.78 is 10.0. The molecule has 5 nitrogen and oxygen atoms in total. The van der Waals surface area contributed by atoms with Gasteiger partial charge in [0.05, 0.1) is 22.5 Å². The van der Waals surface area contributed by atoms with Gasteiger partial charge in [0.15, 0.2) is 0 Å². The SMILES string of the molecule is CC(C)(C)C(=O)O.CCOC(=O)c1[c-]cc(Br)o1.[Zn]. The Morgan fingerprint density at radius 2 is 1.95 bits per heavy atom. The molecule has 1 heterocycles. The minimum Gasteiger partial charge on any atom is -0.526 e. The third kappa shape index (κ3) is 8.95. The molecule has 0 spiro atoms. The van der Waals surface area contributed by atoms with Crippen LogP contribution in [0.4, 0.5) is 0 Å². The standard InChI is InChI=1S/C7H6BrO3.C5H10O2.Zn/c1-2-10-7(9)5-3-4-6(8)11-5;1-5(2,3)4(6)7;/h4H,2H2,1H3;1-3H3,(H,6,7);/q-1;;. The first-order valence-electron chi connectivity index (χ1n) is 5.26. The number of carboxylic acids is 1. The van der Waals surface area contributed by atoms with Crippen molar-refractivity contribution in [3.8, 4) is 0 Å². The van der Waals surface area contributed by atoms with Crippen LogP contribution in [0.2, 0.25) is 0 Å². The number of carbonyl (C=O) groups excluding carboxylic acids is 1. The summed E-state index contributed by atoms with van der Waals surface area (Å²) in [5.41, 5.74) is -0.583. The predicted molar refractivity (Wildman–Crippen MR) is 68.3 cm³/mol. The van der Waals surface area contributed by atoms with Crippen LogP contribution in [0.3, 0.4) is 0 Å². The van der Waals surface area contributed by atoms with Crippen molar-refractivity contribution in [2.75, 3.05) is 6.61 Å². The van der Waals surface area contributed by atoms with Crippen molar-refractivity contribution in [2.45, 2.75) is 27.7 Å². The summed E-state index contributed by atoms with van der Waals surface area (Å²) in [4.78, 5) is 20.9. The molecule has 0 saturated carbocycles. The van der Waals surface area contributed by atoms with Crippen LogP contribution in [0.1, 0.15) is 38.2 Å². The van der Waals surface area contributed by atoms with Gasteiger partial charge in [0.1, 0.15) is 0 Å². The first kappa shape index (κ1) is 20.6. The molecule has 0 saturated heterocycles. The molecule has 1 rings (SSSR count). The average molecular weight is 386 g/mol. The van der Waals surface area contributed by atoms with E-state index in [1.807, 2.05) is 0 Å². The smallest absolute Gasteiger partial charge is 0.308 e. The molecule has 1 N–H and O–H groups in total. The summed E-state index contributed by atoms with van der Waals surface area (Å²) in [6.45, 7) is 7.06. The van der Waals surface area contributed by atoms with Crippen LogP contribution < -0.4 is 0 Å². The van der Waals surface area contributed by atoms with Gasteiger partial charge in [-0.15, -0.1) is 12.1 Å². The normalized spacial score (nSPS) is 9.74. The van der Waals surface area contributed by atoms with Gasteiger partial charge in [0, 0.05) is 19.5 Å². The number of hydrogen-bond donors (Lipinski definition) is 1. The van der Waals surface area contributed by atoms with Crippen LogP contribution >= 0.6 is 15.9 Å². The molecule has 0 aromatic carbocycles. The van der Waals surface area contributed by atoms with Crippen molar-refractivity contribution in [3.63, 3.8) is 0 Å². The number of carbonyl (C=O) groups is 2. The van der Waals surface area contributed by atoms with Gasteiger partial charge in [-0.1, -0.05) is 15.9 Å². The van der Waals surface area contributed by atoms with Crippen molar-refractivity contribution in [2.24, 2.45) is 5.41 Å². The van der Waals surface area contributed by atoms with Crippen molar-refractivity contribution in [1.82, 2.24) is 0 Å². The number of hydrogen-bond acceptors (Lipinski definition) is 4. The van der Waals surface area contributed by atoms with Crippen molar-refractivity contribution < 1.29 is 43.3 Å². The van der Waals surface area contributed by atoms with Crippen molar-refractivity contribution in [1.29, 1.82) is 0 Å². The minimum atomic E-state index is -0.757. The molecule has 1 aromatic heterocycles. The Labute approximate surface area is 133 Å². The fraction of sp³-hybridized carbons (Fsp3) is 0.500. The van der Waals surface area contributed by atoms with E-state index in [9.17, 15) is 9.59 Å². The molecule has 104 valence electrons. The Morgan fingerprint density at radius 3 is 2.21 bits per heavy atom. The summed E-state index contributed by atoms with van der Waals surface area (Å²) in [5, 5.41) is 8.25. The summed E-state index contributed by atoms with van der Waals surface area (Å²) in [6, 6.07) is 4.12. The first-order chi connectivity index (χ1) is 8.18. The van der Waals surface area contributed by atoms with Crippen LogP contribution in [-0.4, -0.2) is 23.7 Å². The van der Waals surface area contributed by atoms with Crippen LogP contribution in [0, 0.1) is 11.5 Å². The number of rotatable bonds is 2. The third-order valence-corrected chi connectivity index (χ3v) is 2.01. The molecule has 0 aliphatic carbocycles. The van der Waals surface area contributed by atoms with Crippen LogP contribution in [-0.2, 0) is 29.0 Å². The van der Waals surface area contributed by atoms with Crippen LogP contribution in [0.15, 0.2) is 15.2 Å². The van der Waals surface area contributed by atoms with Crippen LogP contribution in [0.5, 0.6) is 0 Å². The van der Waals surface area contributed by atoms with Gasteiger partial charge >= 0.3 is 5.97 Å². The van der Waals surface area contributed by atoms with E-state index in [-0.39, 0.29) is 25.2 Å². The summed E-state index contributed by atoms with van der Waals surface area (Å²) in [7, 11) is 0. The Kier molecular flexibility index (Phi) is 10.1. The monoisotopic (exact) mass is 383 g/mol. The fourth-order valence-corrected chi connectivity index (χ4v) is 0.852. The molecule has 0 radical (unpaired) electrons. The third-order valence-electron chi connectivity index (χ3n) is 1.62. The molecule has 0 amide bonds. The molecule has 7 heteroatoms. The molecule has 0 unspecified atom stereocenters. The van der Waals surface area contributed by atoms with E-state index >= 15 is 0 Å². The van der Waals surface area contributed by atoms with Gasteiger partial charge in [-0.05, 0) is 27.7 Å². The molecule has 0 bridgehead atoms. The first-order valence-corrected chi connectivity index (χ1v) is 6.05. The summed E-state index contributed by atoms with van der Waals surface area (Å²) in [6.07, 6.45) is 0.